The molecule has 0 saturated carbocycles. The summed E-state index contributed by atoms with van der Waals surface area (Å²) in [6.07, 6.45) is 1.15. The van der Waals surface area contributed by atoms with Crippen LogP contribution in [0.1, 0.15) is 10.5 Å². The van der Waals surface area contributed by atoms with Crippen LogP contribution in [-0.4, -0.2) is 41.0 Å². The molecule has 7 nitrogen and oxygen atoms in total. The van der Waals surface area contributed by atoms with Crippen LogP contribution in [0.4, 0.5) is 0 Å². The van der Waals surface area contributed by atoms with Crippen molar-refractivity contribution in [3.05, 3.63) is 27.0 Å². The van der Waals surface area contributed by atoms with E-state index in [9.17, 15) is 14.4 Å². The highest BCUT2D eigenvalue weighted by molar-refractivity contribution is 6.48. The largest absolute Gasteiger partial charge is 0.480 e. The number of hydrogen-bond donors (Lipinski definition) is 3. The summed E-state index contributed by atoms with van der Waals surface area (Å²) in [6.45, 7) is -0.967. The number of aromatic nitrogens is 1. The molecule has 0 fully saturated rings. The Bertz CT molecular complexity index is 565. The lowest BCUT2D eigenvalue weighted by Gasteiger charge is -2.07. The van der Waals surface area contributed by atoms with E-state index in [1.165, 1.54) is 0 Å². The minimum absolute atomic E-state index is 0.0242. The summed E-state index contributed by atoms with van der Waals surface area (Å²) in [7, 11) is 0. The van der Waals surface area contributed by atoms with Gasteiger partial charge in [-0.25, -0.2) is 4.98 Å². The van der Waals surface area contributed by atoms with E-state index in [2.05, 4.69) is 15.6 Å². The van der Waals surface area contributed by atoms with Gasteiger partial charge < -0.3 is 15.7 Å². The van der Waals surface area contributed by atoms with Gasteiger partial charge in [-0.1, -0.05) is 34.8 Å². The van der Waals surface area contributed by atoms with Crippen LogP contribution in [0.2, 0.25) is 15.1 Å². The van der Waals surface area contributed by atoms with Crippen molar-refractivity contribution >= 4 is 52.6 Å². The molecule has 0 aromatic carbocycles. The third-order valence-electron chi connectivity index (χ3n) is 1.98. The first-order valence-electron chi connectivity index (χ1n) is 5.09. The number of carboxylic acids is 1. The highest BCUT2D eigenvalue weighted by Gasteiger charge is 2.17. The number of carbonyl (C=O) groups is 3. The molecule has 0 bridgehead atoms. The first-order chi connectivity index (χ1) is 9.32. The third kappa shape index (κ3) is 4.52. The molecule has 1 heterocycles. The molecule has 0 aliphatic heterocycles. The summed E-state index contributed by atoms with van der Waals surface area (Å²) in [5, 5.41) is 12.6. The monoisotopic (exact) mass is 339 g/mol. The fourth-order valence-corrected chi connectivity index (χ4v) is 1.65. The molecular weight excluding hydrogens is 332 g/mol. The van der Waals surface area contributed by atoms with Crippen LogP contribution in [0.3, 0.4) is 0 Å². The highest BCUT2D eigenvalue weighted by Crippen LogP contribution is 2.30. The molecule has 0 spiro atoms. The standard InChI is InChI=1S/C10H8Cl3N3O4/c11-4-1-15-9(8(13)7(4)12)10(20)16-2-5(17)14-3-6(18)19/h1H,2-3H2,(H,14,17)(H,16,20)(H,18,19). The van der Waals surface area contributed by atoms with Gasteiger partial charge in [-0.3, -0.25) is 14.4 Å². The van der Waals surface area contributed by atoms with Crippen LogP contribution in [0, 0.1) is 0 Å². The van der Waals surface area contributed by atoms with E-state index in [1.54, 1.807) is 0 Å². The third-order valence-corrected chi connectivity index (χ3v) is 3.22. The lowest BCUT2D eigenvalue weighted by molar-refractivity contribution is -0.137. The lowest BCUT2D eigenvalue weighted by atomic mass is 10.3. The first kappa shape index (κ1) is 16.5. The highest BCUT2D eigenvalue weighted by atomic mass is 35.5. The maximum atomic E-state index is 11.7. The fourth-order valence-electron chi connectivity index (χ4n) is 1.08. The molecule has 108 valence electrons. The second-order valence-corrected chi connectivity index (χ2v) is 4.60. The Balaban J connectivity index is 2.62. The van der Waals surface area contributed by atoms with Crippen molar-refractivity contribution in [2.45, 2.75) is 0 Å². The minimum Gasteiger partial charge on any atom is -0.480 e. The van der Waals surface area contributed by atoms with Crippen LogP contribution in [0.25, 0.3) is 0 Å². The van der Waals surface area contributed by atoms with E-state index in [4.69, 9.17) is 39.9 Å². The molecule has 3 N–H and O–H groups in total. The summed E-state index contributed by atoms with van der Waals surface area (Å²) in [6, 6.07) is 0. The van der Waals surface area contributed by atoms with Crippen molar-refractivity contribution in [2.75, 3.05) is 13.1 Å². The molecule has 10 heteroatoms. The second kappa shape index (κ2) is 7.28. The lowest BCUT2D eigenvalue weighted by Crippen LogP contribution is -2.39. The molecular formula is C10H8Cl3N3O4. The van der Waals surface area contributed by atoms with Gasteiger partial charge in [-0.05, 0) is 0 Å². The molecule has 1 rings (SSSR count). The van der Waals surface area contributed by atoms with Crippen LogP contribution in [0.5, 0.6) is 0 Å². The van der Waals surface area contributed by atoms with Gasteiger partial charge in [0.1, 0.15) is 12.2 Å². The van der Waals surface area contributed by atoms with Gasteiger partial charge in [-0.15, -0.1) is 0 Å². The molecule has 0 aliphatic carbocycles. The number of amides is 2. The van der Waals surface area contributed by atoms with Crippen molar-refractivity contribution in [3.8, 4) is 0 Å². The molecule has 0 saturated heterocycles. The van der Waals surface area contributed by atoms with Crippen LogP contribution in [-0.2, 0) is 9.59 Å². The van der Waals surface area contributed by atoms with Gasteiger partial charge in [-0.2, -0.15) is 0 Å². The molecule has 0 atom stereocenters. The molecule has 20 heavy (non-hydrogen) atoms. The van der Waals surface area contributed by atoms with Crippen molar-refractivity contribution in [2.24, 2.45) is 0 Å². The summed E-state index contributed by atoms with van der Waals surface area (Å²) in [5.41, 5.74) is -0.188. The van der Waals surface area contributed by atoms with E-state index in [1.807, 2.05) is 0 Å². The van der Waals surface area contributed by atoms with E-state index in [0.717, 1.165) is 6.20 Å². The number of nitrogens with zero attached hydrogens (tertiary/aromatic N) is 1. The molecule has 0 unspecified atom stereocenters. The van der Waals surface area contributed by atoms with Crippen molar-refractivity contribution in [1.29, 1.82) is 0 Å². The second-order valence-electron chi connectivity index (χ2n) is 3.44. The Morgan fingerprint density at radius 2 is 1.75 bits per heavy atom. The first-order valence-corrected chi connectivity index (χ1v) is 6.22. The van der Waals surface area contributed by atoms with Crippen LogP contribution >= 0.6 is 34.8 Å². The fraction of sp³-hybridized carbons (Fsp3) is 0.200. The number of aliphatic carboxylic acids is 1. The zero-order chi connectivity index (χ0) is 15.3. The van der Waals surface area contributed by atoms with Gasteiger partial charge in [0.2, 0.25) is 5.91 Å². The number of hydrogen-bond acceptors (Lipinski definition) is 4. The van der Waals surface area contributed by atoms with E-state index < -0.39 is 30.9 Å². The number of carbonyl (C=O) groups excluding carboxylic acids is 2. The minimum atomic E-state index is -1.20. The van der Waals surface area contributed by atoms with E-state index in [0.29, 0.717) is 0 Å². The number of pyridine rings is 1. The quantitative estimate of drug-likeness (QED) is 0.740. The van der Waals surface area contributed by atoms with Crippen LogP contribution in [0.15, 0.2) is 6.20 Å². The molecule has 0 radical (unpaired) electrons. The van der Waals surface area contributed by atoms with Crippen molar-refractivity contribution in [1.82, 2.24) is 15.6 Å². The average molecular weight is 341 g/mol. The molecule has 2 amide bonds. The summed E-state index contributed by atoms with van der Waals surface area (Å²) in [4.78, 5) is 36.8. The Labute approximate surface area is 128 Å². The normalized spacial score (nSPS) is 9.95. The number of rotatable bonds is 5. The summed E-state index contributed by atoms with van der Waals surface area (Å²) in [5.74, 6) is -2.60. The average Bonchev–Trinajstić information content (AvgIpc) is 2.40. The maximum absolute atomic E-state index is 11.7. The summed E-state index contributed by atoms with van der Waals surface area (Å²) < 4.78 is 0. The zero-order valence-electron chi connectivity index (χ0n) is 9.74. The predicted molar refractivity (Wildman–Crippen MR) is 72.2 cm³/mol. The van der Waals surface area contributed by atoms with Gasteiger partial charge in [0.25, 0.3) is 5.91 Å². The van der Waals surface area contributed by atoms with E-state index in [-0.39, 0.29) is 20.8 Å². The van der Waals surface area contributed by atoms with Crippen molar-refractivity contribution < 1.29 is 19.5 Å². The van der Waals surface area contributed by atoms with Gasteiger partial charge in [0.05, 0.1) is 21.6 Å². The SMILES string of the molecule is O=C(O)CNC(=O)CNC(=O)c1ncc(Cl)c(Cl)c1Cl. The van der Waals surface area contributed by atoms with Crippen molar-refractivity contribution in [3.63, 3.8) is 0 Å². The van der Waals surface area contributed by atoms with Crippen LogP contribution < -0.4 is 10.6 Å². The molecule has 1 aromatic rings. The molecule has 0 aliphatic rings. The predicted octanol–water partition coefficient (Wildman–Crippen LogP) is 0.972. The maximum Gasteiger partial charge on any atom is 0.322 e. The smallest absolute Gasteiger partial charge is 0.322 e. The topological polar surface area (TPSA) is 108 Å². The Hall–Kier alpha value is -1.57. The Kier molecular flexibility index (Phi) is 6.00. The van der Waals surface area contributed by atoms with Gasteiger partial charge in [0, 0.05) is 6.20 Å². The Morgan fingerprint density at radius 1 is 1.10 bits per heavy atom. The summed E-state index contributed by atoms with van der Waals surface area (Å²) >= 11 is 17.2. The number of halogens is 3. The Morgan fingerprint density at radius 3 is 2.35 bits per heavy atom. The number of carboxylic acid groups (broad SMARTS) is 1. The van der Waals surface area contributed by atoms with Gasteiger partial charge in [0.15, 0.2) is 0 Å². The zero-order valence-corrected chi connectivity index (χ0v) is 12.0. The van der Waals surface area contributed by atoms with Gasteiger partial charge >= 0.3 is 5.97 Å². The van der Waals surface area contributed by atoms with E-state index >= 15 is 0 Å². The molecule has 1 aromatic heterocycles. The number of nitrogens with one attached hydrogen (secondary N) is 2.